The quantitative estimate of drug-likeness (QED) is 0.446. The molecule has 1 aliphatic carbocycles. The highest BCUT2D eigenvalue weighted by Crippen LogP contribution is 2.36. The third-order valence-corrected chi connectivity index (χ3v) is 6.25. The molecule has 0 bridgehead atoms. The van der Waals surface area contributed by atoms with E-state index in [0.29, 0.717) is 28.8 Å². The second kappa shape index (κ2) is 7.75. The first-order valence-corrected chi connectivity index (χ1v) is 10.4. The minimum Gasteiger partial charge on any atom is -0.465 e. The van der Waals surface area contributed by atoms with Gasteiger partial charge in [0.05, 0.1) is 5.69 Å². The molecule has 0 radical (unpaired) electrons. The molecule has 9 nitrogen and oxygen atoms in total. The molecule has 176 valence electrons. The van der Waals surface area contributed by atoms with Gasteiger partial charge in [-0.3, -0.25) is 4.57 Å². The van der Waals surface area contributed by atoms with E-state index in [4.69, 9.17) is 0 Å². The highest BCUT2D eigenvalue weighted by molar-refractivity contribution is 5.66. The number of carbonyl (C=O) groups is 1. The van der Waals surface area contributed by atoms with Gasteiger partial charge in [0, 0.05) is 62.4 Å². The summed E-state index contributed by atoms with van der Waals surface area (Å²) in [6.07, 6.45) is 0.703. The van der Waals surface area contributed by atoms with Crippen molar-refractivity contribution < 1.29 is 23.1 Å². The summed E-state index contributed by atoms with van der Waals surface area (Å²) in [6, 6.07) is 3.95. The molecule has 12 heteroatoms. The lowest BCUT2D eigenvalue weighted by molar-refractivity contribution is 0.186. The topological polar surface area (TPSA) is 106 Å². The Hall–Kier alpha value is -4.09. The summed E-state index contributed by atoms with van der Waals surface area (Å²) in [6.45, 7) is 0. The molecule has 0 unspecified atom stereocenters. The molecule has 0 saturated carbocycles. The Kier molecular flexibility index (Phi) is 4.95. The van der Waals surface area contributed by atoms with Gasteiger partial charge in [-0.05, 0) is 23.8 Å². The summed E-state index contributed by atoms with van der Waals surface area (Å²) in [5.74, 6) is -3.82. The molecule has 1 amide bonds. The Bertz CT molecular complexity index is 1520. The Morgan fingerprint density at radius 3 is 2.53 bits per heavy atom. The van der Waals surface area contributed by atoms with E-state index < -0.39 is 35.5 Å². The van der Waals surface area contributed by atoms with Gasteiger partial charge in [0.25, 0.3) is 0 Å². The van der Waals surface area contributed by atoms with Crippen molar-refractivity contribution in [3.05, 3.63) is 75.3 Å². The number of fused-ring (bicyclic) bond motifs is 3. The predicted molar refractivity (Wildman–Crippen MR) is 114 cm³/mol. The van der Waals surface area contributed by atoms with Crippen LogP contribution in [0.15, 0.2) is 35.3 Å². The Morgan fingerprint density at radius 2 is 1.85 bits per heavy atom. The van der Waals surface area contributed by atoms with Crippen LogP contribution in [0.1, 0.15) is 22.9 Å². The molecule has 3 aromatic heterocycles. The summed E-state index contributed by atoms with van der Waals surface area (Å²) in [7, 11) is 3.15. The van der Waals surface area contributed by atoms with E-state index in [9.17, 15) is 27.9 Å². The van der Waals surface area contributed by atoms with Gasteiger partial charge in [-0.1, -0.05) is 0 Å². The largest absolute Gasteiger partial charge is 0.465 e. The van der Waals surface area contributed by atoms with Gasteiger partial charge in [-0.15, -0.1) is 5.10 Å². The van der Waals surface area contributed by atoms with Crippen molar-refractivity contribution in [2.45, 2.75) is 24.8 Å². The molecule has 1 aliphatic rings. The highest BCUT2D eigenvalue weighted by Gasteiger charge is 2.36. The van der Waals surface area contributed by atoms with Crippen LogP contribution < -0.4 is 11.0 Å². The first-order chi connectivity index (χ1) is 16.1. The second-order valence-electron chi connectivity index (χ2n) is 8.30. The smallest absolute Gasteiger partial charge is 0.404 e. The lowest BCUT2D eigenvalue weighted by atomic mass is 9.80. The van der Waals surface area contributed by atoms with Gasteiger partial charge in [0.15, 0.2) is 17.5 Å². The third kappa shape index (κ3) is 3.42. The van der Waals surface area contributed by atoms with Crippen LogP contribution in [-0.2, 0) is 26.9 Å². The van der Waals surface area contributed by atoms with Gasteiger partial charge < -0.3 is 14.8 Å². The number of carboxylic acid groups (broad SMARTS) is 1. The van der Waals surface area contributed by atoms with Crippen LogP contribution >= 0.6 is 0 Å². The zero-order valence-electron chi connectivity index (χ0n) is 18.1. The summed E-state index contributed by atoms with van der Waals surface area (Å²) in [5.41, 5.74) is 2.08. The number of pyridine rings is 1. The molecule has 0 spiro atoms. The van der Waals surface area contributed by atoms with Gasteiger partial charge in [0.2, 0.25) is 0 Å². The number of halogens is 3. The number of nitrogens with one attached hydrogen (secondary N) is 1. The summed E-state index contributed by atoms with van der Waals surface area (Å²) < 4.78 is 46.4. The fraction of sp³-hybridized carbons (Fsp3) is 0.273. The Morgan fingerprint density at radius 1 is 1.12 bits per heavy atom. The molecular weight excluding hydrogens is 453 g/mol. The number of imidazole rings is 1. The van der Waals surface area contributed by atoms with E-state index in [1.807, 2.05) is 0 Å². The zero-order valence-corrected chi connectivity index (χ0v) is 18.1. The van der Waals surface area contributed by atoms with Crippen molar-refractivity contribution in [1.29, 1.82) is 0 Å². The molecule has 0 aliphatic heterocycles. The van der Waals surface area contributed by atoms with Crippen molar-refractivity contribution in [3.63, 3.8) is 0 Å². The maximum absolute atomic E-state index is 14.6. The number of nitrogens with zero attached hydrogens (tertiary/aromatic N) is 5. The Balaban J connectivity index is 1.60. The number of hydrogen-bond donors (Lipinski definition) is 2. The van der Waals surface area contributed by atoms with Gasteiger partial charge in [-0.2, -0.15) is 0 Å². The molecule has 1 aromatic carbocycles. The first kappa shape index (κ1) is 21.7. The number of amides is 1. The van der Waals surface area contributed by atoms with Crippen molar-refractivity contribution in [1.82, 2.24) is 29.0 Å². The minimum absolute atomic E-state index is 0.112. The standard InChI is InChI=1S/C22H19F3N6O3/c1-29-20(28-30(2)22(29)34)10-3-4-31-18-9-16(27-21(32)33)12(7-17(18)26-19(31)5-10)11-6-14(24)15(25)8-13(11)23/h3-6,8,12,16,27H,7,9H2,1-2H3,(H,32,33)/t12-,16+/m1/s1. The van der Waals surface area contributed by atoms with Crippen molar-refractivity contribution >= 4 is 11.7 Å². The van der Waals surface area contributed by atoms with Crippen LogP contribution in [0.25, 0.3) is 17.0 Å². The highest BCUT2D eigenvalue weighted by atomic mass is 19.2. The molecule has 0 saturated heterocycles. The number of benzene rings is 1. The van der Waals surface area contributed by atoms with Crippen LogP contribution in [-0.4, -0.2) is 41.0 Å². The van der Waals surface area contributed by atoms with Crippen LogP contribution in [0.2, 0.25) is 0 Å². The molecule has 3 heterocycles. The molecule has 2 atom stereocenters. The molecule has 4 aromatic rings. The summed E-state index contributed by atoms with van der Waals surface area (Å²) in [4.78, 5) is 28.1. The number of rotatable bonds is 3. The van der Waals surface area contributed by atoms with Gasteiger partial charge >= 0.3 is 11.8 Å². The zero-order chi connectivity index (χ0) is 24.3. The van der Waals surface area contributed by atoms with E-state index >= 15 is 0 Å². The van der Waals surface area contributed by atoms with E-state index in [0.717, 1.165) is 11.8 Å². The lowest BCUT2D eigenvalue weighted by Gasteiger charge is -2.31. The monoisotopic (exact) mass is 472 g/mol. The third-order valence-electron chi connectivity index (χ3n) is 6.25. The van der Waals surface area contributed by atoms with Gasteiger partial charge in [0.1, 0.15) is 11.5 Å². The fourth-order valence-corrected chi connectivity index (χ4v) is 4.63. The second-order valence-corrected chi connectivity index (χ2v) is 8.30. The molecular formula is C22H19F3N6O3. The van der Waals surface area contributed by atoms with Crippen molar-refractivity contribution in [2.75, 3.05) is 0 Å². The normalized spacial score (nSPS) is 17.7. The fourth-order valence-electron chi connectivity index (χ4n) is 4.63. The van der Waals surface area contributed by atoms with Crippen LogP contribution in [0, 0.1) is 17.5 Å². The molecule has 5 rings (SSSR count). The number of aryl methyl sites for hydroxylation is 1. The van der Waals surface area contributed by atoms with Crippen LogP contribution in [0.3, 0.4) is 0 Å². The van der Waals surface area contributed by atoms with Gasteiger partial charge in [-0.25, -0.2) is 32.4 Å². The summed E-state index contributed by atoms with van der Waals surface area (Å²) in [5, 5.41) is 15.9. The SMILES string of the molecule is Cn1nc(-c2ccn3c4c(nc3c2)C[C@H](c2cc(F)c(F)cc2F)[C@@H](NC(=O)O)C4)n(C)c1=O. The molecule has 34 heavy (non-hydrogen) atoms. The number of aromatic nitrogens is 5. The molecule has 0 fully saturated rings. The summed E-state index contributed by atoms with van der Waals surface area (Å²) >= 11 is 0. The van der Waals surface area contributed by atoms with Crippen molar-refractivity contribution in [3.8, 4) is 11.4 Å². The van der Waals surface area contributed by atoms with E-state index in [1.54, 1.807) is 36.8 Å². The lowest BCUT2D eigenvalue weighted by Crippen LogP contribution is -2.43. The van der Waals surface area contributed by atoms with Crippen LogP contribution in [0.5, 0.6) is 0 Å². The average Bonchev–Trinajstić information content (AvgIpc) is 3.26. The predicted octanol–water partition coefficient (Wildman–Crippen LogP) is 2.37. The van der Waals surface area contributed by atoms with Crippen molar-refractivity contribution in [2.24, 2.45) is 14.1 Å². The van der Waals surface area contributed by atoms with E-state index in [1.165, 1.54) is 9.25 Å². The Labute approximate surface area is 190 Å². The molecule has 2 N–H and O–H groups in total. The van der Waals surface area contributed by atoms with E-state index in [-0.39, 0.29) is 24.1 Å². The van der Waals surface area contributed by atoms with Crippen LogP contribution in [0.4, 0.5) is 18.0 Å². The minimum atomic E-state index is -1.32. The first-order valence-electron chi connectivity index (χ1n) is 10.4. The maximum atomic E-state index is 14.6. The number of hydrogen-bond acceptors (Lipinski definition) is 4. The van der Waals surface area contributed by atoms with E-state index in [2.05, 4.69) is 15.4 Å². The average molecular weight is 472 g/mol. The maximum Gasteiger partial charge on any atom is 0.404 e.